The monoisotopic (exact) mass is 186 g/mol. The molecule has 1 atom stereocenters. The van der Waals surface area contributed by atoms with Gasteiger partial charge in [-0.3, -0.25) is 0 Å². The minimum Gasteiger partial charge on any atom is -0.330 e. The molecule has 0 aliphatic rings. The fourth-order valence-corrected chi connectivity index (χ4v) is 2.09. The summed E-state index contributed by atoms with van der Waals surface area (Å²) in [5.74, 6) is 0.631. The Labute approximate surface area is 83.3 Å². The van der Waals surface area contributed by atoms with E-state index < -0.39 is 0 Å². The molecule has 1 unspecified atom stereocenters. The standard InChI is InChI=1S/C11H26N2/c1-5-6-11(2,3)7-10(8-12)9-13-4/h10,13H,5-9,12H2,1-4H3. The van der Waals surface area contributed by atoms with E-state index in [0.29, 0.717) is 11.3 Å². The Morgan fingerprint density at radius 2 is 2.00 bits per heavy atom. The molecule has 80 valence electrons. The van der Waals surface area contributed by atoms with Gasteiger partial charge in [0.15, 0.2) is 0 Å². The van der Waals surface area contributed by atoms with Crippen LogP contribution in [0, 0.1) is 11.3 Å². The second-order valence-electron chi connectivity index (χ2n) is 4.78. The summed E-state index contributed by atoms with van der Waals surface area (Å²) in [5, 5.41) is 3.20. The van der Waals surface area contributed by atoms with E-state index in [1.54, 1.807) is 0 Å². The lowest BCUT2D eigenvalue weighted by atomic mass is 9.79. The first-order chi connectivity index (χ1) is 6.05. The Bertz CT molecular complexity index is 121. The molecule has 2 heteroatoms. The average Bonchev–Trinajstić information content (AvgIpc) is 2.03. The minimum absolute atomic E-state index is 0.454. The second kappa shape index (κ2) is 6.39. The molecular weight excluding hydrogens is 160 g/mol. The third-order valence-corrected chi connectivity index (χ3v) is 2.59. The fourth-order valence-electron chi connectivity index (χ4n) is 2.09. The SMILES string of the molecule is CCCC(C)(C)CC(CN)CNC. The van der Waals surface area contributed by atoms with Crippen LogP contribution in [0.4, 0.5) is 0 Å². The van der Waals surface area contributed by atoms with Gasteiger partial charge in [-0.25, -0.2) is 0 Å². The van der Waals surface area contributed by atoms with Gasteiger partial charge in [0, 0.05) is 0 Å². The maximum atomic E-state index is 5.72. The van der Waals surface area contributed by atoms with Gasteiger partial charge in [-0.1, -0.05) is 27.2 Å². The highest BCUT2D eigenvalue weighted by Gasteiger charge is 2.21. The van der Waals surface area contributed by atoms with Gasteiger partial charge in [0.25, 0.3) is 0 Å². The summed E-state index contributed by atoms with van der Waals surface area (Å²) in [6, 6.07) is 0. The highest BCUT2D eigenvalue weighted by Crippen LogP contribution is 2.29. The van der Waals surface area contributed by atoms with Gasteiger partial charge in [-0.15, -0.1) is 0 Å². The highest BCUT2D eigenvalue weighted by atomic mass is 14.8. The summed E-state index contributed by atoms with van der Waals surface area (Å²) in [6.07, 6.45) is 3.80. The van der Waals surface area contributed by atoms with Crippen molar-refractivity contribution in [2.24, 2.45) is 17.1 Å². The zero-order valence-corrected chi connectivity index (χ0v) is 9.69. The van der Waals surface area contributed by atoms with Crippen molar-refractivity contribution in [3.63, 3.8) is 0 Å². The van der Waals surface area contributed by atoms with Crippen LogP contribution in [-0.2, 0) is 0 Å². The van der Waals surface area contributed by atoms with Crippen LogP contribution >= 0.6 is 0 Å². The topological polar surface area (TPSA) is 38.0 Å². The summed E-state index contributed by atoms with van der Waals surface area (Å²) < 4.78 is 0. The zero-order valence-electron chi connectivity index (χ0n) is 9.69. The zero-order chi connectivity index (χ0) is 10.3. The minimum atomic E-state index is 0.454. The first kappa shape index (κ1) is 12.9. The molecule has 0 aromatic heterocycles. The molecule has 0 bridgehead atoms. The van der Waals surface area contributed by atoms with Crippen molar-refractivity contribution in [3.8, 4) is 0 Å². The van der Waals surface area contributed by atoms with E-state index in [2.05, 4.69) is 26.1 Å². The van der Waals surface area contributed by atoms with Crippen molar-refractivity contribution in [1.82, 2.24) is 5.32 Å². The highest BCUT2D eigenvalue weighted by molar-refractivity contribution is 4.74. The summed E-state index contributed by atoms with van der Waals surface area (Å²) in [5.41, 5.74) is 6.18. The number of nitrogens with two attached hydrogens (primary N) is 1. The van der Waals surface area contributed by atoms with Crippen molar-refractivity contribution < 1.29 is 0 Å². The molecule has 0 aliphatic heterocycles. The molecule has 0 radical (unpaired) electrons. The van der Waals surface area contributed by atoms with E-state index in [0.717, 1.165) is 13.1 Å². The van der Waals surface area contributed by atoms with Gasteiger partial charge in [0.1, 0.15) is 0 Å². The van der Waals surface area contributed by atoms with Gasteiger partial charge in [0.05, 0.1) is 0 Å². The molecule has 0 aliphatic carbocycles. The predicted octanol–water partition coefficient (Wildman–Crippen LogP) is 2.00. The smallest absolute Gasteiger partial charge is 0.00113 e. The van der Waals surface area contributed by atoms with Gasteiger partial charge in [0.2, 0.25) is 0 Å². The Morgan fingerprint density at radius 1 is 1.38 bits per heavy atom. The van der Waals surface area contributed by atoms with Crippen LogP contribution in [0.15, 0.2) is 0 Å². The maximum absolute atomic E-state index is 5.72. The third-order valence-electron chi connectivity index (χ3n) is 2.59. The van der Waals surface area contributed by atoms with Gasteiger partial charge in [-0.05, 0) is 44.3 Å². The normalized spacial score (nSPS) is 14.5. The molecule has 13 heavy (non-hydrogen) atoms. The Morgan fingerprint density at radius 3 is 2.38 bits per heavy atom. The molecule has 0 saturated carbocycles. The van der Waals surface area contributed by atoms with Crippen LogP contribution in [0.25, 0.3) is 0 Å². The van der Waals surface area contributed by atoms with E-state index in [4.69, 9.17) is 5.73 Å². The van der Waals surface area contributed by atoms with E-state index in [-0.39, 0.29) is 0 Å². The van der Waals surface area contributed by atoms with E-state index in [9.17, 15) is 0 Å². The first-order valence-electron chi connectivity index (χ1n) is 5.40. The van der Waals surface area contributed by atoms with E-state index in [1.165, 1.54) is 19.3 Å². The number of hydrogen-bond acceptors (Lipinski definition) is 2. The molecule has 0 rings (SSSR count). The summed E-state index contributed by atoms with van der Waals surface area (Å²) in [7, 11) is 2.00. The third kappa shape index (κ3) is 6.05. The lowest BCUT2D eigenvalue weighted by Gasteiger charge is -2.28. The van der Waals surface area contributed by atoms with E-state index in [1.807, 2.05) is 7.05 Å². The van der Waals surface area contributed by atoms with Crippen LogP contribution in [0.1, 0.15) is 40.0 Å². The summed E-state index contributed by atoms with van der Waals surface area (Å²) >= 11 is 0. The molecule has 0 heterocycles. The molecule has 0 amide bonds. The first-order valence-corrected chi connectivity index (χ1v) is 5.40. The van der Waals surface area contributed by atoms with Gasteiger partial charge < -0.3 is 11.1 Å². The molecular formula is C11H26N2. The van der Waals surface area contributed by atoms with Crippen molar-refractivity contribution in [1.29, 1.82) is 0 Å². The Hall–Kier alpha value is -0.0800. The Kier molecular flexibility index (Phi) is 6.35. The number of nitrogens with one attached hydrogen (secondary N) is 1. The molecule has 2 nitrogen and oxygen atoms in total. The van der Waals surface area contributed by atoms with Crippen LogP contribution in [0.3, 0.4) is 0 Å². The molecule has 0 aromatic carbocycles. The lowest BCUT2D eigenvalue weighted by molar-refractivity contribution is 0.245. The van der Waals surface area contributed by atoms with E-state index >= 15 is 0 Å². The lowest BCUT2D eigenvalue weighted by Crippen LogP contribution is -2.30. The summed E-state index contributed by atoms with van der Waals surface area (Å²) in [6.45, 7) is 8.78. The van der Waals surface area contributed by atoms with Gasteiger partial charge >= 0.3 is 0 Å². The van der Waals surface area contributed by atoms with Crippen molar-refractivity contribution in [2.75, 3.05) is 20.1 Å². The second-order valence-corrected chi connectivity index (χ2v) is 4.78. The maximum Gasteiger partial charge on any atom is -0.00113 e. The predicted molar refractivity (Wildman–Crippen MR) is 59.8 cm³/mol. The van der Waals surface area contributed by atoms with Crippen molar-refractivity contribution >= 4 is 0 Å². The average molecular weight is 186 g/mol. The fraction of sp³-hybridized carbons (Fsp3) is 1.00. The Balaban J connectivity index is 3.89. The number of hydrogen-bond donors (Lipinski definition) is 2. The molecule has 0 fully saturated rings. The molecule has 0 saturated heterocycles. The van der Waals surface area contributed by atoms with Crippen LogP contribution in [0.5, 0.6) is 0 Å². The number of rotatable bonds is 7. The van der Waals surface area contributed by atoms with Crippen LogP contribution < -0.4 is 11.1 Å². The molecule has 0 aromatic rings. The largest absolute Gasteiger partial charge is 0.330 e. The van der Waals surface area contributed by atoms with Crippen molar-refractivity contribution in [3.05, 3.63) is 0 Å². The van der Waals surface area contributed by atoms with Crippen LogP contribution in [0.2, 0.25) is 0 Å². The summed E-state index contributed by atoms with van der Waals surface area (Å²) in [4.78, 5) is 0. The molecule has 3 N–H and O–H groups in total. The van der Waals surface area contributed by atoms with Gasteiger partial charge in [-0.2, -0.15) is 0 Å². The van der Waals surface area contributed by atoms with Crippen molar-refractivity contribution in [2.45, 2.75) is 40.0 Å². The quantitative estimate of drug-likeness (QED) is 0.638. The van der Waals surface area contributed by atoms with Crippen LogP contribution in [-0.4, -0.2) is 20.1 Å². The molecule has 0 spiro atoms.